The molecule has 0 amide bonds. The smallest absolute Gasteiger partial charge is 0.0380 e. The van der Waals surface area contributed by atoms with Crippen LogP contribution in [0.15, 0.2) is 18.2 Å². The van der Waals surface area contributed by atoms with Crippen LogP contribution in [0.1, 0.15) is 61.1 Å². The van der Waals surface area contributed by atoms with Crippen molar-refractivity contribution < 1.29 is 0 Å². The molecule has 1 saturated heterocycles. The third-order valence-corrected chi connectivity index (χ3v) is 7.95. The average molecular weight is 401 g/mol. The van der Waals surface area contributed by atoms with E-state index in [1.54, 1.807) is 10.4 Å². The number of anilines is 1. The first kappa shape index (κ1) is 19.4. The molecule has 1 aliphatic heterocycles. The fourth-order valence-electron chi connectivity index (χ4n) is 4.70. The average Bonchev–Trinajstić information content (AvgIpc) is 2.98. The summed E-state index contributed by atoms with van der Waals surface area (Å²) in [6.45, 7) is 10.3. The number of hydrogen-bond acceptors (Lipinski definition) is 4. The molecule has 146 valence electrons. The zero-order valence-electron chi connectivity index (χ0n) is 16.9. The molecule has 0 atom stereocenters. The molecule has 2 nitrogen and oxygen atoms in total. The molecule has 0 radical (unpaired) electrons. The second kappa shape index (κ2) is 7.81. The Morgan fingerprint density at radius 3 is 2.70 bits per heavy atom. The van der Waals surface area contributed by atoms with E-state index in [9.17, 15) is 0 Å². The number of piperidine rings is 1. The predicted octanol–water partition coefficient (Wildman–Crippen LogP) is 6.16. The van der Waals surface area contributed by atoms with Crippen molar-refractivity contribution in [3.8, 4) is 10.4 Å². The van der Waals surface area contributed by atoms with E-state index in [0.29, 0.717) is 5.41 Å². The molecule has 0 bridgehead atoms. The van der Waals surface area contributed by atoms with Crippen LogP contribution in [0.25, 0.3) is 10.4 Å². The molecule has 2 aromatic rings. The minimum Gasteiger partial charge on any atom is -0.372 e. The van der Waals surface area contributed by atoms with E-state index in [0.717, 1.165) is 6.54 Å². The molecule has 0 saturated carbocycles. The van der Waals surface area contributed by atoms with Gasteiger partial charge in [0, 0.05) is 35.1 Å². The van der Waals surface area contributed by atoms with Crippen molar-refractivity contribution >= 4 is 29.8 Å². The van der Waals surface area contributed by atoms with E-state index in [2.05, 4.69) is 61.4 Å². The summed E-state index contributed by atoms with van der Waals surface area (Å²) in [6.07, 6.45) is 7.76. The number of thiol groups is 1. The summed E-state index contributed by atoms with van der Waals surface area (Å²) in [5.74, 6) is 0. The van der Waals surface area contributed by atoms with E-state index in [-0.39, 0.29) is 0 Å². The van der Waals surface area contributed by atoms with Gasteiger partial charge in [-0.05, 0) is 85.3 Å². The summed E-state index contributed by atoms with van der Waals surface area (Å²) >= 11 is 6.34. The first-order valence-corrected chi connectivity index (χ1v) is 11.6. The molecule has 2 heterocycles. The molecular weight excluding hydrogens is 368 g/mol. The number of rotatable bonds is 4. The Kier molecular flexibility index (Phi) is 5.59. The summed E-state index contributed by atoms with van der Waals surface area (Å²) in [5.41, 5.74) is 7.70. The molecule has 1 aromatic carbocycles. The minimum atomic E-state index is 0.434. The lowest BCUT2D eigenvalue weighted by Crippen LogP contribution is -2.29. The second-order valence-electron chi connectivity index (χ2n) is 9.02. The summed E-state index contributed by atoms with van der Waals surface area (Å²) in [7, 11) is 0. The summed E-state index contributed by atoms with van der Waals surface area (Å²) in [4.78, 5) is 5.64. The Morgan fingerprint density at radius 1 is 1.19 bits per heavy atom. The number of thiophene rings is 1. The van der Waals surface area contributed by atoms with Crippen molar-refractivity contribution in [1.82, 2.24) is 4.72 Å². The predicted molar refractivity (Wildman–Crippen MR) is 122 cm³/mol. The van der Waals surface area contributed by atoms with E-state index < -0.39 is 0 Å². The van der Waals surface area contributed by atoms with Crippen LogP contribution in [0.4, 0.5) is 5.69 Å². The van der Waals surface area contributed by atoms with Gasteiger partial charge in [-0.25, -0.2) is 0 Å². The largest absolute Gasteiger partial charge is 0.372 e. The molecule has 1 aromatic heterocycles. The highest BCUT2D eigenvalue weighted by atomic mass is 32.1. The third-order valence-electron chi connectivity index (χ3n) is 6.36. The van der Waals surface area contributed by atoms with Crippen LogP contribution >= 0.6 is 24.2 Å². The Bertz CT molecular complexity index is 816. The number of hydrogen-bond donors (Lipinski definition) is 2. The summed E-state index contributed by atoms with van der Waals surface area (Å²) in [6, 6.07) is 7.09. The normalized spacial score (nSPS) is 19.2. The van der Waals surface area contributed by atoms with Crippen LogP contribution in [0.2, 0.25) is 0 Å². The van der Waals surface area contributed by atoms with E-state index >= 15 is 0 Å². The monoisotopic (exact) mass is 400 g/mol. The van der Waals surface area contributed by atoms with E-state index in [1.807, 2.05) is 11.3 Å². The Balaban J connectivity index is 1.72. The molecule has 4 heteroatoms. The zero-order chi connectivity index (χ0) is 19.0. The summed E-state index contributed by atoms with van der Waals surface area (Å²) in [5, 5.41) is 0. The third kappa shape index (κ3) is 3.94. The number of aryl methyl sites for hydroxylation is 1. The van der Waals surface area contributed by atoms with Gasteiger partial charge in [-0.3, -0.25) is 4.72 Å². The molecule has 4 rings (SSSR count). The van der Waals surface area contributed by atoms with Crippen LogP contribution in [-0.2, 0) is 19.4 Å². The molecule has 0 unspecified atom stereocenters. The number of fused-ring (bicyclic) bond motifs is 1. The van der Waals surface area contributed by atoms with Gasteiger partial charge in [0.05, 0.1) is 0 Å². The van der Waals surface area contributed by atoms with Gasteiger partial charge < -0.3 is 4.90 Å². The maximum absolute atomic E-state index is 4.31. The Labute approximate surface area is 173 Å². The molecule has 1 fully saturated rings. The maximum Gasteiger partial charge on any atom is 0.0380 e. The number of nitrogens with one attached hydrogen (secondary N) is 1. The van der Waals surface area contributed by atoms with Gasteiger partial charge in [0.15, 0.2) is 0 Å². The topological polar surface area (TPSA) is 15.3 Å². The van der Waals surface area contributed by atoms with Gasteiger partial charge in [0.2, 0.25) is 0 Å². The Morgan fingerprint density at radius 2 is 1.96 bits per heavy atom. The van der Waals surface area contributed by atoms with Crippen LogP contribution in [-0.4, -0.2) is 13.1 Å². The Hall–Kier alpha value is -0.970. The van der Waals surface area contributed by atoms with Crippen molar-refractivity contribution in [1.29, 1.82) is 0 Å². The van der Waals surface area contributed by atoms with Crippen molar-refractivity contribution in [3.05, 3.63) is 39.8 Å². The van der Waals surface area contributed by atoms with Gasteiger partial charge in [-0.15, -0.1) is 11.3 Å². The van der Waals surface area contributed by atoms with Crippen molar-refractivity contribution in [2.45, 2.75) is 65.8 Å². The number of benzene rings is 1. The molecule has 1 N–H and O–H groups in total. The van der Waals surface area contributed by atoms with Crippen molar-refractivity contribution in [2.75, 3.05) is 18.0 Å². The van der Waals surface area contributed by atoms with Gasteiger partial charge in [-0.1, -0.05) is 32.7 Å². The molecule has 27 heavy (non-hydrogen) atoms. The maximum atomic E-state index is 4.31. The van der Waals surface area contributed by atoms with E-state index in [1.165, 1.54) is 78.9 Å². The fourth-order valence-corrected chi connectivity index (χ4v) is 6.25. The van der Waals surface area contributed by atoms with Crippen LogP contribution < -0.4 is 9.62 Å². The number of nitrogens with zero attached hydrogens (tertiary/aromatic N) is 1. The first-order valence-electron chi connectivity index (χ1n) is 10.3. The molecule has 2 aliphatic rings. The standard InChI is InChI=1S/C23H32N2S2/c1-16-20-14-23(2,3)10-9-21(20)27-22(16)19-8-7-18(13-17(19)15-24-26)25-11-5-4-6-12-25/h7-8,13,24,26H,4-6,9-12,14-15H2,1-3H3. The lowest BCUT2D eigenvalue weighted by Gasteiger charge is -2.30. The van der Waals surface area contributed by atoms with Gasteiger partial charge in [0.25, 0.3) is 0 Å². The minimum absolute atomic E-state index is 0.434. The molecule has 1 aliphatic carbocycles. The molecular formula is C23H32N2S2. The lowest BCUT2D eigenvalue weighted by molar-refractivity contribution is 0.317. The second-order valence-corrected chi connectivity index (χ2v) is 10.4. The van der Waals surface area contributed by atoms with Gasteiger partial charge in [0.1, 0.15) is 0 Å². The molecule has 0 spiro atoms. The van der Waals surface area contributed by atoms with Crippen LogP contribution in [0.5, 0.6) is 0 Å². The van der Waals surface area contributed by atoms with Gasteiger partial charge >= 0.3 is 0 Å². The van der Waals surface area contributed by atoms with Crippen molar-refractivity contribution in [2.24, 2.45) is 5.41 Å². The van der Waals surface area contributed by atoms with Crippen LogP contribution in [0, 0.1) is 12.3 Å². The summed E-state index contributed by atoms with van der Waals surface area (Å²) < 4.78 is 3.10. The quantitative estimate of drug-likeness (QED) is 0.597. The SMILES string of the molecule is Cc1c(-c2ccc(N3CCCCC3)cc2CNS)sc2c1CC(C)(C)CC2. The van der Waals surface area contributed by atoms with E-state index in [4.69, 9.17) is 0 Å². The highest BCUT2D eigenvalue weighted by molar-refractivity contribution is 7.78. The van der Waals surface area contributed by atoms with Crippen LogP contribution in [0.3, 0.4) is 0 Å². The zero-order valence-corrected chi connectivity index (χ0v) is 18.6. The highest BCUT2D eigenvalue weighted by Gasteiger charge is 2.29. The van der Waals surface area contributed by atoms with Gasteiger partial charge in [-0.2, -0.15) is 0 Å². The fraction of sp³-hybridized carbons (Fsp3) is 0.565. The highest BCUT2D eigenvalue weighted by Crippen LogP contribution is 2.45. The first-order chi connectivity index (χ1) is 13.0. The van der Waals surface area contributed by atoms with Crippen molar-refractivity contribution in [3.63, 3.8) is 0 Å². The lowest BCUT2D eigenvalue weighted by atomic mass is 9.76.